The summed E-state index contributed by atoms with van der Waals surface area (Å²) in [4.78, 5) is 29.0. The number of sulfonamides is 1. The van der Waals surface area contributed by atoms with Gasteiger partial charge in [0.25, 0.3) is 0 Å². The Morgan fingerprint density at radius 2 is 2.07 bits per heavy atom. The quantitative estimate of drug-likeness (QED) is 0.742. The predicted molar refractivity (Wildman–Crippen MR) is 104 cm³/mol. The Morgan fingerprint density at radius 3 is 2.79 bits per heavy atom. The van der Waals surface area contributed by atoms with Crippen LogP contribution in [0, 0.1) is 5.41 Å². The monoisotopic (exact) mass is 409 g/mol. The van der Waals surface area contributed by atoms with Crippen LogP contribution in [0.2, 0.25) is 0 Å². The highest BCUT2D eigenvalue weighted by molar-refractivity contribution is 7.88. The number of methoxy groups -OCH3 is 1. The lowest BCUT2D eigenvalue weighted by molar-refractivity contribution is -0.146. The van der Waals surface area contributed by atoms with Crippen molar-refractivity contribution in [1.82, 2.24) is 14.5 Å². The largest absolute Gasteiger partial charge is 0.497 e. The second kappa shape index (κ2) is 8.08. The molecule has 0 aliphatic carbocycles. The van der Waals surface area contributed by atoms with Crippen molar-refractivity contribution in [3.8, 4) is 5.75 Å². The second-order valence-electron chi connectivity index (χ2n) is 7.62. The van der Waals surface area contributed by atoms with Gasteiger partial charge in [-0.25, -0.2) is 13.1 Å². The van der Waals surface area contributed by atoms with Crippen molar-refractivity contribution >= 4 is 21.8 Å². The zero-order valence-corrected chi connectivity index (χ0v) is 17.1. The Kier molecular flexibility index (Phi) is 5.95. The number of carbonyl (C=O) groups is 2. The molecule has 1 atom stereocenters. The summed E-state index contributed by atoms with van der Waals surface area (Å²) in [7, 11) is -1.81. The van der Waals surface area contributed by atoms with Crippen molar-refractivity contribution in [2.75, 3.05) is 39.5 Å². The van der Waals surface area contributed by atoms with E-state index >= 15 is 0 Å². The molecule has 1 N–H and O–H groups in total. The molecule has 1 spiro atoms. The summed E-state index contributed by atoms with van der Waals surface area (Å²) >= 11 is 0. The molecule has 2 fully saturated rings. The van der Waals surface area contributed by atoms with Gasteiger partial charge in [0.15, 0.2) is 0 Å². The van der Waals surface area contributed by atoms with Crippen LogP contribution in [0.5, 0.6) is 5.75 Å². The summed E-state index contributed by atoms with van der Waals surface area (Å²) in [6, 6.07) is 7.67. The Balaban J connectivity index is 1.65. The van der Waals surface area contributed by atoms with Crippen molar-refractivity contribution in [3.05, 3.63) is 29.8 Å². The molecule has 28 heavy (non-hydrogen) atoms. The molecule has 2 saturated heterocycles. The number of likely N-dealkylation sites (tertiary alicyclic amines) is 2. The lowest BCUT2D eigenvalue weighted by Gasteiger charge is -2.39. The average Bonchev–Trinajstić information content (AvgIpc) is 3.08. The minimum absolute atomic E-state index is 0.0768. The second-order valence-corrected chi connectivity index (χ2v) is 9.45. The van der Waals surface area contributed by atoms with Gasteiger partial charge >= 0.3 is 0 Å². The molecule has 2 aliphatic heterocycles. The first-order chi connectivity index (χ1) is 13.2. The number of carbonyl (C=O) groups excluding carboxylic acids is 2. The summed E-state index contributed by atoms with van der Waals surface area (Å²) in [5.41, 5.74) is 0.450. The molecule has 8 nitrogen and oxygen atoms in total. The first kappa shape index (κ1) is 20.6. The van der Waals surface area contributed by atoms with Gasteiger partial charge in [0.05, 0.1) is 25.3 Å². The fourth-order valence-corrected chi connectivity index (χ4v) is 4.45. The van der Waals surface area contributed by atoms with Crippen LogP contribution in [0.15, 0.2) is 24.3 Å². The van der Waals surface area contributed by atoms with E-state index in [4.69, 9.17) is 4.74 Å². The average molecular weight is 410 g/mol. The molecule has 0 saturated carbocycles. The number of piperidine rings is 1. The number of rotatable bonds is 6. The summed E-state index contributed by atoms with van der Waals surface area (Å²) in [6.45, 7) is 1.77. The fourth-order valence-electron chi connectivity index (χ4n) is 4.06. The fraction of sp³-hybridized carbons (Fsp3) is 0.579. The van der Waals surface area contributed by atoms with Crippen LogP contribution in [0.4, 0.5) is 0 Å². The lowest BCUT2D eigenvalue weighted by Crippen LogP contribution is -2.50. The summed E-state index contributed by atoms with van der Waals surface area (Å²) in [5, 5.41) is 0. The van der Waals surface area contributed by atoms with Crippen molar-refractivity contribution in [2.24, 2.45) is 5.41 Å². The smallest absolute Gasteiger partial charge is 0.237 e. The van der Waals surface area contributed by atoms with Crippen LogP contribution in [-0.4, -0.2) is 69.6 Å². The van der Waals surface area contributed by atoms with E-state index < -0.39 is 15.4 Å². The minimum atomic E-state index is -3.42. The normalized spacial score (nSPS) is 22.7. The third-order valence-electron chi connectivity index (χ3n) is 5.52. The van der Waals surface area contributed by atoms with E-state index in [0.717, 1.165) is 30.4 Å². The SMILES string of the molecule is COc1cccc(CN2CCC[C@@]3(CCN(C(=O)CNS(C)(=O)=O)C3)C2=O)c1. The molecular formula is C19H27N3O5S. The molecule has 1 aromatic carbocycles. The maximum atomic E-state index is 13.2. The molecule has 154 valence electrons. The van der Waals surface area contributed by atoms with E-state index in [1.54, 1.807) is 12.0 Å². The van der Waals surface area contributed by atoms with Crippen molar-refractivity contribution in [1.29, 1.82) is 0 Å². The molecule has 2 aliphatic rings. The molecule has 2 heterocycles. The zero-order valence-electron chi connectivity index (χ0n) is 16.3. The van der Waals surface area contributed by atoms with Gasteiger partial charge in [-0.2, -0.15) is 0 Å². The lowest BCUT2D eigenvalue weighted by atomic mass is 9.78. The number of nitrogens with zero attached hydrogens (tertiary/aromatic N) is 2. The molecule has 0 bridgehead atoms. The van der Waals surface area contributed by atoms with Gasteiger partial charge in [-0.15, -0.1) is 0 Å². The molecule has 0 radical (unpaired) electrons. The Bertz CT molecular complexity index is 857. The summed E-state index contributed by atoms with van der Waals surface area (Å²) in [5.74, 6) is 0.542. The van der Waals surface area contributed by atoms with Gasteiger partial charge in [-0.3, -0.25) is 9.59 Å². The number of benzene rings is 1. The third kappa shape index (κ3) is 4.64. The first-order valence-corrected chi connectivity index (χ1v) is 11.3. The maximum Gasteiger partial charge on any atom is 0.237 e. The van der Waals surface area contributed by atoms with E-state index in [-0.39, 0.29) is 18.4 Å². The molecule has 2 amide bonds. The zero-order chi connectivity index (χ0) is 20.4. The van der Waals surface area contributed by atoms with E-state index in [1.165, 1.54) is 0 Å². The van der Waals surface area contributed by atoms with Gasteiger partial charge in [0.2, 0.25) is 21.8 Å². The Morgan fingerprint density at radius 1 is 1.29 bits per heavy atom. The van der Waals surface area contributed by atoms with Gasteiger partial charge < -0.3 is 14.5 Å². The standard InChI is InChI=1S/C19H27N3O5S/c1-27-16-6-3-5-15(11-16)13-21-9-4-7-19(18(21)24)8-10-22(14-19)17(23)12-20-28(2,25)26/h3,5-6,11,20H,4,7-10,12-14H2,1-2H3/t19-/m0/s1. The topological polar surface area (TPSA) is 96.0 Å². The first-order valence-electron chi connectivity index (χ1n) is 9.37. The van der Waals surface area contributed by atoms with Crippen molar-refractivity contribution in [3.63, 3.8) is 0 Å². The number of amides is 2. The number of hydrogen-bond donors (Lipinski definition) is 1. The van der Waals surface area contributed by atoms with Gasteiger partial charge in [0, 0.05) is 26.2 Å². The molecule has 1 aromatic rings. The van der Waals surface area contributed by atoms with Crippen LogP contribution in [0.25, 0.3) is 0 Å². The molecule has 3 rings (SSSR count). The van der Waals surface area contributed by atoms with Crippen LogP contribution in [-0.2, 0) is 26.2 Å². The van der Waals surface area contributed by atoms with Gasteiger partial charge in [0.1, 0.15) is 5.75 Å². The molecule has 9 heteroatoms. The molecule has 0 aromatic heterocycles. The highest BCUT2D eigenvalue weighted by Crippen LogP contribution is 2.40. The van der Waals surface area contributed by atoms with E-state index in [0.29, 0.717) is 32.6 Å². The molecular weight excluding hydrogens is 382 g/mol. The van der Waals surface area contributed by atoms with Crippen LogP contribution in [0.3, 0.4) is 0 Å². The minimum Gasteiger partial charge on any atom is -0.497 e. The third-order valence-corrected chi connectivity index (χ3v) is 6.19. The number of ether oxygens (including phenoxy) is 1. The van der Waals surface area contributed by atoms with Gasteiger partial charge in [-0.05, 0) is 37.0 Å². The highest BCUT2D eigenvalue weighted by atomic mass is 32.2. The number of nitrogens with one attached hydrogen (secondary N) is 1. The summed E-state index contributed by atoms with van der Waals surface area (Å²) < 4.78 is 29.9. The highest BCUT2D eigenvalue weighted by Gasteiger charge is 2.49. The number of hydrogen-bond acceptors (Lipinski definition) is 5. The van der Waals surface area contributed by atoms with Crippen LogP contribution >= 0.6 is 0 Å². The Labute approximate surface area is 165 Å². The molecule has 0 unspecified atom stereocenters. The van der Waals surface area contributed by atoms with Crippen LogP contribution in [0.1, 0.15) is 24.8 Å². The van der Waals surface area contributed by atoms with Crippen molar-refractivity contribution < 1.29 is 22.7 Å². The van der Waals surface area contributed by atoms with Crippen molar-refractivity contribution in [2.45, 2.75) is 25.8 Å². The predicted octanol–water partition coefficient (Wildman–Crippen LogP) is 0.586. The van der Waals surface area contributed by atoms with Gasteiger partial charge in [-0.1, -0.05) is 12.1 Å². The van der Waals surface area contributed by atoms with E-state index in [1.807, 2.05) is 29.2 Å². The van der Waals surface area contributed by atoms with Crippen LogP contribution < -0.4 is 9.46 Å². The van der Waals surface area contributed by atoms with E-state index in [9.17, 15) is 18.0 Å². The summed E-state index contributed by atoms with van der Waals surface area (Å²) in [6.07, 6.45) is 3.28. The Hall–Kier alpha value is -2.13. The van der Waals surface area contributed by atoms with E-state index in [2.05, 4.69) is 4.72 Å². The maximum absolute atomic E-state index is 13.2.